The largest absolute Gasteiger partial charge is 0.379 e. The van der Waals surface area contributed by atoms with Gasteiger partial charge in [-0.15, -0.1) is 11.3 Å². The second-order valence-corrected chi connectivity index (χ2v) is 6.44. The van der Waals surface area contributed by atoms with E-state index >= 15 is 0 Å². The van der Waals surface area contributed by atoms with Gasteiger partial charge >= 0.3 is 0 Å². The smallest absolute Gasteiger partial charge is 0.0931 e. The summed E-state index contributed by atoms with van der Waals surface area (Å²) in [5.41, 5.74) is 6.19. The van der Waals surface area contributed by atoms with E-state index in [0.717, 1.165) is 9.21 Å². The maximum atomic E-state index is 6.18. The molecule has 0 aliphatic heterocycles. The number of halogens is 1. The number of rotatable bonds is 3. The van der Waals surface area contributed by atoms with Gasteiger partial charge in [-0.05, 0) is 17.5 Å². The molecule has 2 N–H and O–H groups in total. The molecule has 0 aromatic carbocycles. The first-order valence-corrected chi connectivity index (χ1v) is 6.09. The predicted octanol–water partition coefficient (Wildman–Crippen LogP) is 3.46. The van der Waals surface area contributed by atoms with Crippen LogP contribution in [0, 0.1) is 5.41 Å². The Morgan fingerprint density at radius 1 is 1.40 bits per heavy atom. The minimum Gasteiger partial charge on any atom is -0.379 e. The number of hydrogen-bond donors (Lipinski definition) is 1. The quantitative estimate of drug-likeness (QED) is 0.888. The molecule has 4 heteroatoms. The molecule has 0 fully saturated rings. The fourth-order valence-electron chi connectivity index (χ4n) is 1.70. The van der Waals surface area contributed by atoms with E-state index in [9.17, 15) is 0 Å². The summed E-state index contributed by atoms with van der Waals surface area (Å²) >= 11 is 7.40. The molecule has 0 saturated heterocycles. The summed E-state index contributed by atoms with van der Waals surface area (Å²) < 4.78 is 6.25. The number of hydrogen-bond acceptors (Lipinski definition) is 3. The first kappa shape index (κ1) is 13.0. The molecule has 0 amide bonds. The van der Waals surface area contributed by atoms with Gasteiger partial charge in [-0.2, -0.15) is 0 Å². The van der Waals surface area contributed by atoms with Crippen molar-refractivity contribution in [1.82, 2.24) is 0 Å². The summed E-state index contributed by atoms with van der Waals surface area (Å²) in [7, 11) is 1.70. The first-order chi connectivity index (χ1) is 6.86. The van der Waals surface area contributed by atoms with Crippen molar-refractivity contribution >= 4 is 22.9 Å². The van der Waals surface area contributed by atoms with Crippen molar-refractivity contribution in [1.29, 1.82) is 0 Å². The maximum Gasteiger partial charge on any atom is 0.0931 e. The molecular weight excluding hydrogens is 230 g/mol. The Morgan fingerprint density at radius 3 is 2.33 bits per heavy atom. The van der Waals surface area contributed by atoms with Crippen LogP contribution >= 0.6 is 22.9 Å². The Labute approximate surface area is 100 Å². The molecule has 0 saturated carbocycles. The van der Waals surface area contributed by atoms with E-state index in [4.69, 9.17) is 22.1 Å². The monoisotopic (exact) mass is 247 g/mol. The number of nitrogens with two attached hydrogens (primary N) is 1. The molecular formula is C11H18ClNOS. The van der Waals surface area contributed by atoms with Crippen LogP contribution in [0.15, 0.2) is 12.1 Å². The molecule has 2 unspecified atom stereocenters. The van der Waals surface area contributed by atoms with Crippen molar-refractivity contribution in [3.8, 4) is 0 Å². The molecule has 1 aromatic heterocycles. The highest BCUT2D eigenvalue weighted by Gasteiger charge is 2.31. The van der Waals surface area contributed by atoms with Gasteiger partial charge in [-0.3, -0.25) is 0 Å². The molecule has 0 radical (unpaired) electrons. The van der Waals surface area contributed by atoms with Crippen LogP contribution in [0.1, 0.15) is 31.7 Å². The van der Waals surface area contributed by atoms with Crippen molar-refractivity contribution in [2.45, 2.75) is 32.9 Å². The van der Waals surface area contributed by atoms with Crippen molar-refractivity contribution in [3.63, 3.8) is 0 Å². The fourth-order valence-corrected chi connectivity index (χ4v) is 2.78. The summed E-state index contributed by atoms with van der Waals surface area (Å²) in [6.45, 7) is 6.36. The molecule has 0 aliphatic rings. The standard InChI is InChI=1S/C11H18ClNOS/c1-11(2,3)10(14-4)9(13)7-5-6-8(12)15-7/h5-6,9-10H,13H2,1-4H3. The Bertz CT molecular complexity index is 319. The summed E-state index contributed by atoms with van der Waals surface area (Å²) in [6, 6.07) is 3.72. The van der Waals surface area contributed by atoms with Gasteiger partial charge in [-0.25, -0.2) is 0 Å². The van der Waals surface area contributed by atoms with Crippen molar-refractivity contribution < 1.29 is 4.74 Å². The van der Waals surface area contributed by atoms with Crippen LogP contribution in [-0.4, -0.2) is 13.2 Å². The lowest BCUT2D eigenvalue weighted by Gasteiger charge is -2.33. The van der Waals surface area contributed by atoms with Gasteiger partial charge in [0.1, 0.15) is 0 Å². The Morgan fingerprint density at radius 2 is 2.00 bits per heavy atom. The minimum absolute atomic E-state index is 0.00721. The highest BCUT2D eigenvalue weighted by Crippen LogP contribution is 2.34. The van der Waals surface area contributed by atoms with Gasteiger partial charge in [0.05, 0.1) is 16.5 Å². The molecule has 0 aliphatic carbocycles. The number of thiophene rings is 1. The zero-order valence-electron chi connectivity index (χ0n) is 9.58. The van der Waals surface area contributed by atoms with Gasteiger partial charge in [-0.1, -0.05) is 32.4 Å². The van der Waals surface area contributed by atoms with Gasteiger partial charge in [0.15, 0.2) is 0 Å². The zero-order chi connectivity index (χ0) is 11.6. The molecule has 1 aromatic rings. The van der Waals surface area contributed by atoms with Crippen LogP contribution in [0.2, 0.25) is 4.34 Å². The highest BCUT2D eigenvalue weighted by molar-refractivity contribution is 7.16. The summed E-state index contributed by atoms with van der Waals surface area (Å²) in [5.74, 6) is 0. The first-order valence-electron chi connectivity index (χ1n) is 4.90. The molecule has 15 heavy (non-hydrogen) atoms. The summed E-state index contributed by atoms with van der Waals surface area (Å²) in [4.78, 5) is 1.07. The van der Waals surface area contributed by atoms with E-state index in [1.807, 2.05) is 12.1 Å². The van der Waals surface area contributed by atoms with E-state index in [-0.39, 0.29) is 17.6 Å². The average Bonchev–Trinajstić information content (AvgIpc) is 2.50. The third-order valence-electron chi connectivity index (χ3n) is 2.36. The maximum absolute atomic E-state index is 6.18. The molecule has 2 atom stereocenters. The highest BCUT2D eigenvalue weighted by atomic mass is 35.5. The SMILES string of the molecule is COC(C(N)c1ccc(Cl)s1)C(C)(C)C. The molecule has 1 heterocycles. The Hall–Kier alpha value is -0.0900. The lowest BCUT2D eigenvalue weighted by atomic mass is 9.84. The third-order valence-corrected chi connectivity index (χ3v) is 3.69. The van der Waals surface area contributed by atoms with Crippen molar-refractivity contribution in [3.05, 3.63) is 21.3 Å². The van der Waals surface area contributed by atoms with Gasteiger partial charge in [0, 0.05) is 12.0 Å². The molecule has 86 valence electrons. The van der Waals surface area contributed by atoms with Crippen molar-refractivity contribution in [2.24, 2.45) is 11.1 Å². The van der Waals surface area contributed by atoms with Crippen LogP contribution in [0.4, 0.5) is 0 Å². The van der Waals surface area contributed by atoms with E-state index < -0.39 is 0 Å². The second-order valence-electron chi connectivity index (χ2n) is 4.69. The van der Waals surface area contributed by atoms with Crippen LogP contribution < -0.4 is 5.73 Å². The van der Waals surface area contributed by atoms with Gasteiger partial charge < -0.3 is 10.5 Å². The average molecular weight is 248 g/mol. The number of methoxy groups -OCH3 is 1. The summed E-state index contributed by atoms with van der Waals surface area (Å²) in [6.07, 6.45) is -0.00721. The minimum atomic E-state index is -0.118. The van der Waals surface area contributed by atoms with Crippen LogP contribution in [0.25, 0.3) is 0 Å². The molecule has 0 spiro atoms. The van der Waals surface area contributed by atoms with E-state index in [0.29, 0.717) is 0 Å². The Kier molecular flexibility index (Phi) is 4.18. The van der Waals surface area contributed by atoms with E-state index in [2.05, 4.69) is 20.8 Å². The zero-order valence-corrected chi connectivity index (χ0v) is 11.2. The lowest BCUT2D eigenvalue weighted by Crippen LogP contribution is -2.38. The molecule has 1 rings (SSSR count). The normalized spacial score (nSPS) is 16.4. The van der Waals surface area contributed by atoms with Crippen LogP contribution in [-0.2, 0) is 4.74 Å². The van der Waals surface area contributed by atoms with E-state index in [1.165, 1.54) is 11.3 Å². The second kappa shape index (κ2) is 4.83. The third kappa shape index (κ3) is 3.18. The van der Waals surface area contributed by atoms with Crippen LogP contribution in [0.5, 0.6) is 0 Å². The Balaban J connectivity index is 2.87. The summed E-state index contributed by atoms with van der Waals surface area (Å²) in [5, 5.41) is 0. The molecule has 0 bridgehead atoms. The van der Waals surface area contributed by atoms with Gasteiger partial charge in [0.25, 0.3) is 0 Å². The number of ether oxygens (including phenoxy) is 1. The van der Waals surface area contributed by atoms with Gasteiger partial charge in [0.2, 0.25) is 0 Å². The van der Waals surface area contributed by atoms with Crippen molar-refractivity contribution in [2.75, 3.05) is 7.11 Å². The van der Waals surface area contributed by atoms with Crippen LogP contribution in [0.3, 0.4) is 0 Å². The fraction of sp³-hybridized carbons (Fsp3) is 0.636. The molecule has 2 nitrogen and oxygen atoms in total. The lowest BCUT2D eigenvalue weighted by molar-refractivity contribution is -0.00166. The topological polar surface area (TPSA) is 35.2 Å². The van der Waals surface area contributed by atoms with E-state index in [1.54, 1.807) is 7.11 Å². The predicted molar refractivity (Wildman–Crippen MR) is 66.5 cm³/mol.